The van der Waals surface area contributed by atoms with Crippen LogP contribution in [0.4, 0.5) is 4.79 Å². The van der Waals surface area contributed by atoms with Crippen LogP contribution in [0, 0.1) is 12.8 Å². The van der Waals surface area contributed by atoms with Crippen molar-refractivity contribution in [3.63, 3.8) is 0 Å². The van der Waals surface area contributed by atoms with Crippen LogP contribution < -0.4 is 10.6 Å². The van der Waals surface area contributed by atoms with E-state index in [9.17, 15) is 9.59 Å². The van der Waals surface area contributed by atoms with Gasteiger partial charge in [-0.2, -0.15) is 0 Å². The number of hydrogen-bond donors (Lipinski definition) is 3. The number of carbonyl (C=O) groups is 2. The standard InChI is InChI=1S/C12H19N3O4/c1-7(2)10(5-11(16)17)14-12(18)13-6-9-4-8(3)19-15-9/h4,7,10H,5-6H2,1-3H3,(H,16,17)(H2,13,14,18). The summed E-state index contributed by atoms with van der Waals surface area (Å²) in [7, 11) is 0. The van der Waals surface area contributed by atoms with Gasteiger partial charge < -0.3 is 20.3 Å². The zero-order valence-corrected chi connectivity index (χ0v) is 11.3. The maximum Gasteiger partial charge on any atom is 0.315 e. The fourth-order valence-electron chi connectivity index (χ4n) is 1.53. The molecule has 106 valence electrons. The zero-order valence-electron chi connectivity index (χ0n) is 11.3. The molecule has 7 nitrogen and oxygen atoms in total. The van der Waals surface area contributed by atoms with Gasteiger partial charge in [-0.05, 0) is 12.8 Å². The SMILES string of the molecule is Cc1cc(CNC(=O)NC(CC(=O)O)C(C)C)no1. The summed E-state index contributed by atoms with van der Waals surface area (Å²) in [5.74, 6) is -0.231. The number of nitrogens with one attached hydrogen (secondary N) is 2. The Hall–Kier alpha value is -2.05. The van der Waals surface area contributed by atoms with E-state index in [2.05, 4.69) is 15.8 Å². The van der Waals surface area contributed by atoms with Gasteiger partial charge in [0.15, 0.2) is 0 Å². The Bertz CT molecular complexity index is 442. The van der Waals surface area contributed by atoms with Gasteiger partial charge in [0.1, 0.15) is 11.5 Å². The molecule has 0 spiro atoms. The number of rotatable bonds is 6. The van der Waals surface area contributed by atoms with E-state index < -0.39 is 18.0 Å². The van der Waals surface area contributed by atoms with E-state index in [4.69, 9.17) is 9.63 Å². The first-order valence-corrected chi connectivity index (χ1v) is 6.07. The minimum Gasteiger partial charge on any atom is -0.481 e. The molecule has 19 heavy (non-hydrogen) atoms. The van der Waals surface area contributed by atoms with Crippen LogP contribution in [-0.4, -0.2) is 28.3 Å². The smallest absolute Gasteiger partial charge is 0.315 e. The summed E-state index contributed by atoms with van der Waals surface area (Å²) in [6.07, 6.45) is -0.103. The lowest BCUT2D eigenvalue weighted by Crippen LogP contribution is -2.45. The topological polar surface area (TPSA) is 104 Å². The lowest BCUT2D eigenvalue weighted by atomic mass is 10.0. The first kappa shape index (κ1) is 15.0. The molecule has 1 unspecified atom stereocenters. The Balaban J connectivity index is 2.42. The number of aromatic nitrogens is 1. The van der Waals surface area contributed by atoms with Crippen molar-refractivity contribution < 1.29 is 19.2 Å². The average molecular weight is 269 g/mol. The quantitative estimate of drug-likeness (QED) is 0.721. The molecule has 0 radical (unpaired) electrons. The molecule has 0 saturated heterocycles. The highest BCUT2D eigenvalue weighted by Gasteiger charge is 2.19. The lowest BCUT2D eigenvalue weighted by molar-refractivity contribution is -0.137. The number of nitrogens with zero attached hydrogens (tertiary/aromatic N) is 1. The molecule has 0 aromatic carbocycles. The van der Waals surface area contributed by atoms with Gasteiger partial charge in [-0.1, -0.05) is 19.0 Å². The van der Waals surface area contributed by atoms with Crippen molar-refractivity contribution >= 4 is 12.0 Å². The van der Waals surface area contributed by atoms with Crippen molar-refractivity contribution in [2.75, 3.05) is 0 Å². The first-order valence-electron chi connectivity index (χ1n) is 6.07. The summed E-state index contributed by atoms with van der Waals surface area (Å²) in [6, 6.07) is 0.898. The fourth-order valence-corrected chi connectivity index (χ4v) is 1.53. The Morgan fingerprint density at radius 3 is 2.63 bits per heavy atom. The number of carboxylic acid groups (broad SMARTS) is 1. The second kappa shape index (κ2) is 6.77. The predicted octanol–water partition coefficient (Wildman–Crippen LogP) is 1.28. The van der Waals surface area contributed by atoms with Crippen LogP contribution in [0.3, 0.4) is 0 Å². The van der Waals surface area contributed by atoms with Crippen molar-refractivity contribution in [2.24, 2.45) is 5.92 Å². The van der Waals surface area contributed by atoms with Crippen LogP contribution in [0.25, 0.3) is 0 Å². The molecule has 0 aliphatic carbocycles. The third-order valence-corrected chi connectivity index (χ3v) is 2.62. The highest BCUT2D eigenvalue weighted by Crippen LogP contribution is 2.06. The molecule has 7 heteroatoms. The van der Waals surface area contributed by atoms with Gasteiger partial charge >= 0.3 is 12.0 Å². The monoisotopic (exact) mass is 269 g/mol. The van der Waals surface area contributed by atoms with E-state index in [1.54, 1.807) is 13.0 Å². The normalized spacial score (nSPS) is 12.2. The van der Waals surface area contributed by atoms with Gasteiger partial charge in [-0.15, -0.1) is 0 Å². The molecule has 1 atom stereocenters. The van der Waals surface area contributed by atoms with E-state index in [0.717, 1.165) is 0 Å². The second-order valence-electron chi connectivity index (χ2n) is 4.70. The van der Waals surface area contributed by atoms with E-state index >= 15 is 0 Å². The predicted molar refractivity (Wildman–Crippen MR) is 67.5 cm³/mol. The molecule has 0 aliphatic heterocycles. The molecule has 2 amide bonds. The molecule has 1 aromatic rings. The Kier molecular flexibility index (Phi) is 5.35. The van der Waals surface area contributed by atoms with Crippen LogP contribution in [0.15, 0.2) is 10.6 Å². The number of aryl methyl sites for hydroxylation is 1. The Morgan fingerprint density at radius 2 is 2.16 bits per heavy atom. The highest BCUT2D eigenvalue weighted by molar-refractivity contribution is 5.75. The van der Waals surface area contributed by atoms with Gasteiger partial charge in [0.2, 0.25) is 0 Å². The molecular formula is C12H19N3O4. The largest absolute Gasteiger partial charge is 0.481 e. The minimum atomic E-state index is -0.939. The fraction of sp³-hybridized carbons (Fsp3) is 0.583. The van der Waals surface area contributed by atoms with Crippen molar-refractivity contribution in [3.05, 3.63) is 17.5 Å². The van der Waals surface area contributed by atoms with E-state index in [-0.39, 0.29) is 18.9 Å². The molecule has 0 saturated carbocycles. The summed E-state index contributed by atoms with van der Waals surface area (Å²) < 4.78 is 4.87. The van der Waals surface area contributed by atoms with Crippen molar-refractivity contribution in [2.45, 2.75) is 39.8 Å². The molecule has 0 aliphatic rings. The second-order valence-corrected chi connectivity index (χ2v) is 4.70. The number of hydrogen-bond acceptors (Lipinski definition) is 4. The van der Waals surface area contributed by atoms with E-state index in [0.29, 0.717) is 11.5 Å². The van der Waals surface area contributed by atoms with Crippen LogP contribution in [0.2, 0.25) is 0 Å². The Labute approximate surface area is 111 Å². The number of amides is 2. The molecule has 1 rings (SSSR count). The van der Waals surface area contributed by atoms with E-state index in [1.807, 2.05) is 13.8 Å². The first-order chi connectivity index (χ1) is 8.88. The van der Waals surface area contributed by atoms with Crippen molar-refractivity contribution in [3.8, 4) is 0 Å². The van der Waals surface area contributed by atoms with Crippen LogP contribution >= 0.6 is 0 Å². The number of aliphatic carboxylic acids is 1. The van der Waals surface area contributed by atoms with Gasteiger partial charge in [0.05, 0.1) is 13.0 Å². The maximum atomic E-state index is 11.6. The van der Waals surface area contributed by atoms with Crippen molar-refractivity contribution in [1.82, 2.24) is 15.8 Å². The summed E-state index contributed by atoms with van der Waals surface area (Å²) in [5, 5.41) is 17.7. The molecule has 1 heterocycles. The molecular weight excluding hydrogens is 250 g/mol. The number of carbonyl (C=O) groups excluding carboxylic acids is 1. The van der Waals surface area contributed by atoms with Gasteiger partial charge in [-0.25, -0.2) is 4.79 Å². The summed E-state index contributed by atoms with van der Waals surface area (Å²) in [4.78, 5) is 22.3. The summed E-state index contributed by atoms with van der Waals surface area (Å²) in [5.41, 5.74) is 0.618. The lowest BCUT2D eigenvalue weighted by Gasteiger charge is -2.20. The maximum absolute atomic E-state index is 11.6. The summed E-state index contributed by atoms with van der Waals surface area (Å²) >= 11 is 0. The third kappa shape index (κ3) is 5.41. The van der Waals surface area contributed by atoms with E-state index in [1.165, 1.54) is 0 Å². The van der Waals surface area contributed by atoms with Crippen molar-refractivity contribution in [1.29, 1.82) is 0 Å². The minimum absolute atomic E-state index is 0.0381. The molecule has 0 fully saturated rings. The summed E-state index contributed by atoms with van der Waals surface area (Å²) in [6.45, 7) is 5.71. The van der Waals surface area contributed by atoms with Crippen LogP contribution in [-0.2, 0) is 11.3 Å². The molecule has 3 N–H and O–H groups in total. The Morgan fingerprint density at radius 1 is 1.47 bits per heavy atom. The molecule has 0 bridgehead atoms. The van der Waals surface area contributed by atoms with Crippen LogP contribution in [0.5, 0.6) is 0 Å². The third-order valence-electron chi connectivity index (χ3n) is 2.62. The van der Waals surface area contributed by atoms with Gasteiger partial charge in [0, 0.05) is 12.1 Å². The van der Waals surface area contributed by atoms with Crippen LogP contribution in [0.1, 0.15) is 31.7 Å². The van der Waals surface area contributed by atoms with Gasteiger partial charge in [0.25, 0.3) is 0 Å². The highest BCUT2D eigenvalue weighted by atomic mass is 16.5. The average Bonchev–Trinajstić information content (AvgIpc) is 2.71. The van der Waals surface area contributed by atoms with Gasteiger partial charge in [-0.3, -0.25) is 4.79 Å². The molecule has 1 aromatic heterocycles. The number of urea groups is 1. The number of carboxylic acids is 1. The zero-order chi connectivity index (χ0) is 14.4.